The topological polar surface area (TPSA) is 42.9 Å². The highest BCUT2D eigenvalue weighted by Gasteiger charge is 2.20. The second kappa shape index (κ2) is 14.0. The summed E-state index contributed by atoms with van der Waals surface area (Å²) in [6.45, 7) is 14.3. The Hall–Kier alpha value is -0.0800. The lowest BCUT2D eigenvalue weighted by Gasteiger charge is -2.34. The lowest BCUT2D eigenvalue weighted by Crippen LogP contribution is -2.43. The molecule has 2 rings (SSSR count). The van der Waals surface area contributed by atoms with E-state index < -0.39 is 0 Å². The molecule has 6 heteroatoms. The van der Waals surface area contributed by atoms with E-state index in [1.807, 2.05) is 7.05 Å². The minimum absolute atomic E-state index is 0. The molecule has 0 aliphatic carbocycles. The van der Waals surface area contributed by atoms with Gasteiger partial charge in [0.15, 0.2) is 5.96 Å². The third kappa shape index (κ3) is 9.74. The van der Waals surface area contributed by atoms with Gasteiger partial charge in [-0.3, -0.25) is 4.99 Å². The molecule has 2 N–H and O–H groups in total. The van der Waals surface area contributed by atoms with Crippen molar-refractivity contribution in [1.29, 1.82) is 0 Å². The minimum Gasteiger partial charge on any atom is -0.356 e. The molecule has 0 bridgehead atoms. The van der Waals surface area contributed by atoms with Gasteiger partial charge in [-0.05, 0) is 63.6 Å². The SMILES string of the molecule is CN=C(NCCCCN1CC(C)CC(C)C1)NCCN1CCCCC1.I. The van der Waals surface area contributed by atoms with Crippen LogP contribution < -0.4 is 10.6 Å². The number of hydrogen-bond acceptors (Lipinski definition) is 3. The Morgan fingerprint density at radius 2 is 1.54 bits per heavy atom. The molecule has 0 aromatic carbocycles. The van der Waals surface area contributed by atoms with E-state index in [4.69, 9.17) is 0 Å². The van der Waals surface area contributed by atoms with E-state index in [9.17, 15) is 0 Å². The molecule has 2 fully saturated rings. The van der Waals surface area contributed by atoms with Crippen LogP contribution >= 0.6 is 24.0 Å². The maximum absolute atomic E-state index is 4.34. The number of hydrogen-bond donors (Lipinski definition) is 2. The first-order valence-corrected chi connectivity index (χ1v) is 10.6. The number of likely N-dealkylation sites (tertiary alicyclic amines) is 2. The predicted octanol–water partition coefficient (Wildman–Crippen LogP) is 3.01. The summed E-state index contributed by atoms with van der Waals surface area (Å²) in [5.41, 5.74) is 0. The fourth-order valence-electron chi connectivity index (χ4n) is 4.38. The average Bonchev–Trinajstić information content (AvgIpc) is 2.60. The Morgan fingerprint density at radius 1 is 0.885 bits per heavy atom. The van der Waals surface area contributed by atoms with E-state index in [1.165, 1.54) is 71.2 Å². The Labute approximate surface area is 178 Å². The van der Waals surface area contributed by atoms with Crippen LogP contribution in [0.1, 0.15) is 52.4 Å². The van der Waals surface area contributed by atoms with Crippen molar-refractivity contribution >= 4 is 29.9 Å². The van der Waals surface area contributed by atoms with Gasteiger partial charge >= 0.3 is 0 Å². The quantitative estimate of drug-likeness (QED) is 0.243. The zero-order valence-corrected chi connectivity index (χ0v) is 19.6. The van der Waals surface area contributed by atoms with Gasteiger partial charge in [-0.15, -0.1) is 24.0 Å². The Bertz CT molecular complexity index is 374. The highest BCUT2D eigenvalue weighted by Crippen LogP contribution is 2.20. The largest absolute Gasteiger partial charge is 0.356 e. The molecule has 154 valence electrons. The van der Waals surface area contributed by atoms with Crippen molar-refractivity contribution in [3.63, 3.8) is 0 Å². The first kappa shape index (κ1) is 24.0. The van der Waals surface area contributed by atoms with Crippen LogP contribution in [0.3, 0.4) is 0 Å². The normalized spacial score (nSPS) is 25.6. The van der Waals surface area contributed by atoms with Gasteiger partial charge in [0.25, 0.3) is 0 Å². The summed E-state index contributed by atoms with van der Waals surface area (Å²) in [5, 5.41) is 6.92. The summed E-state index contributed by atoms with van der Waals surface area (Å²) in [7, 11) is 1.87. The van der Waals surface area contributed by atoms with Crippen LogP contribution in [-0.2, 0) is 0 Å². The summed E-state index contributed by atoms with van der Waals surface area (Å²) in [4.78, 5) is 9.56. The molecule has 2 aliphatic rings. The molecule has 2 unspecified atom stereocenters. The number of piperidine rings is 2. The van der Waals surface area contributed by atoms with Gasteiger partial charge in [0.05, 0.1) is 0 Å². The number of aliphatic imine (C=N–C) groups is 1. The Morgan fingerprint density at radius 3 is 2.19 bits per heavy atom. The van der Waals surface area contributed by atoms with Crippen molar-refractivity contribution in [3.05, 3.63) is 0 Å². The van der Waals surface area contributed by atoms with Crippen molar-refractivity contribution in [1.82, 2.24) is 20.4 Å². The molecule has 2 aliphatic heterocycles. The van der Waals surface area contributed by atoms with Gasteiger partial charge in [0.2, 0.25) is 0 Å². The number of rotatable bonds is 8. The summed E-state index contributed by atoms with van der Waals surface area (Å²) >= 11 is 0. The third-order valence-electron chi connectivity index (χ3n) is 5.53. The molecule has 0 aromatic heterocycles. The highest BCUT2D eigenvalue weighted by molar-refractivity contribution is 14.0. The van der Waals surface area contributed by atoms with Crippen LogP contribution in [0.5, 0.6) is 0 Å². The maximum Gasteiger partial charge on any atom is 0.191 e. The van der Waals surface area contributed by atoms with Gasteiger partial charge in [-0.1, -0.05) is 20.3 Å². The van der Waals surface area contributed by atoms with Crippen molar-refractivity contribution in [2.24, 2.45) is 16.8 Å². The van der Waals surface area contributed by atoms with Gasteiger partial charge in [-0.2, -0.15) is 0 Å². The Balaban J connectivity index is 0.00000338. The van der Waals surface area contributed by atoms with Crippen molar-refractivity contribution in [3.8, 4) is 0 Å². The summed E-state index contributed by atoms with van der Waals surface area (Å²) in [6.07, 6.45) is 8.02. The fourth-order valence-corrected chi connectivity index (χ4v) is 4.38. The number of guanidine groups is 1. The predicted molar refractivity (Wildman–Crippen MR) is 124 cm³/mol. The molecule has 26 heavy (non-hydrogen) atoms. The molecule has 2 atom stereocenters. The molecule has 0 aromatic rings. The smallest absolute Gasteiger partial charge is 0.191 e. The molecule has 2 saturated heterocycles. The van der Waals surface area contributed by atoms with Crippen molar-refractivity contribution < 1.29 is 0 Å². The summed E-state index contributed by atoms with van der Waals surface area (Å²) in [6, 6.07) is 0. The number of nitrogens with zero attached hydrogens (tertiary/aromatic N) is 3. The van der Waals surface area contributed by atoms with E-state index in [1.54, 1.807) is 0 Å². The molecule has 0 amide bonds. The van der Waals surface area contributed by atoms with Gasteiger partial charge in [0.1, 0.15) is 0 Å². The molecule has 0 saturated carbocycles. The van der Waals surface area contributed by atoms with Crippen LogP contribution in [0.4, 0.5) is 0 Å². The van der Waals surface area contributed by atoms with E-state index >= 15 is 0 Å². The Kier molecular flexibility index (Phi) is 12.9. The fraction of sp³-hybridized carbons (Fsp3) is 0.950. The molecular weight excluding hydrogens is 437 g/mol. The number of nitrogens with one attached hydrogen (secondary N) is 2. The van der Waals surface area contributed by atoms with Crippen LogP contribution in [0.2, 0.25) is 0 Å². The van der Waals surface area contributed by atoms with E-state index in [0.29, 0.717) is 0 Å². The molecule has 0 radical (unpaired) electrons. The van der Waals surface area contributed by atoms with E-state index in [2.05, 4.69) is 39.3 Å². The van der Waals surface area contributed by atoms with Crippen molar-refractivity contribution in [2.75, 3.05) is 59.4 Å². The van der Waals surface area contributed by atoms with Crippen molar-refractivity contribution in [2.45, 2.75) is 52.4 Å². The summed E-state index contributed by atoms with van der Waals surface area (Å²) in [5.74, 6) is 2.69. The second-order valence-corrected chi connectivity index (χ2v) is 8.24. The monoisotopic (exact) mass is 479 g/mol. The zero-order valence-electron chi connectivity index (χ0n) is 17.3. The third-order valence-corrected chi connectivity index (χ3v) is 5.53. The molecule has 5 nitrogen and oxygen atoms in total. The summed E-state index contributed by atoms with van der Waals surface area (Å²) < 4.78 is 0. The van der Waals surface area contributed by atoms with Gasteiger partial charge in [0, 0.05) is 39.8 Å². The van der Waals surface area contributed by atoms with E-state index in [-0.39, 0.29) is 24.0 Å². The molecule has 0 spiro atoms. The molecular formula is C20H42IN5. The number of halogens is 1. The lowest BCUT2D eigenvalue weighted by atomic mass is 9.92. The average molecular weight is 479 g/mol. The van der Waals surface area contributed by atoms with Gasteiger partial charge in [-0.25, -0.2) is 0 Å². The van der Waals surface area contributed by atoms with Crippen LogP contribution in [0.25, 0.3) is 0 Å². The first-order valence-electron chi connectivity index (χ1n) is 10.6. The van der Waals surface area contributed by atoms with E-state index in [0.717, 1.165) is 37.4 Å². The van der Waals surface area contributed by atoms with Crippen LogP contribution in [0.15, 0.2) is 4.99 Å². The number of unbranched alkanes of at least 4 members (excludes halogenated alkanes) is 1. The lowest BCUT2D eigenvalue weighted by molar-refractivity contribution is 0.139. The maximum atomic E-state index is 4.34. The highest BCUT2D eigenvalue weighted by atomic mass is 127. The van der Waals surface area contributed by atoms with Crippen LogP contribution in [-0.4, -0.2) is 75.2 Å². The van der Waals surface area contributed by atoms with Crippen LogP contribution in [0, 0.1) is 11.8 Å². The minimum atomic E-state index is 0. The van der Waals surface area contributed by atoms with Gasteiger partial charge < -0.3 is 20.4 Å². The molecule has 2 heterocycles. The second-order valence-electron chi connectivity index (χ2n) is 8.24. The first-order chi connectivity index (χ1) is 12.2. The zero-order chi connectivity index (χ0) is 17.9. The standard InChI is InChI=1S/C20H41N5.HI/c1-18-15-19(2)17-25(16-18)13-8-5-9-22-20(21-3)23-10-14-24-11-6-4-7-12-24;/h18-19H,4-17H2,1-3H3,(H2,21,22,23);1H.